The number of alkyl halides is 3. The van der Waals surface area contributed by atoms with E-state index < -0.39 is 11.5 Å². The first-order valence-electron chi connectivity index (χ1n) is 8.15. The van der Waals surface area contributed by atoms with Crippen LogP contribution in [0.2, 0.25) is 0 Å². The van der Waals surface area contributed by atoms with Crippen LogP contribution in [0.3, 0.4) is 0 Å². The van der Waals surface area contributed by atoms with Crippen LogP contribution in [0.15, 0.2) is 59.5 Å². The van der Waals surface area contributed by atoms with Gasteiger partial charge in [0, 0.05) is 23.9 Å². The molecule has 140 valence electrons. The molecule has 0 bridgehead atoms. The summed E-state index contributed by atoms with van der Waals surface area (Å²) in [7, 11) is 0. The molecule has 0 amide bonds. The SMILES string of the molecule is O=C(O)CCC(Cc1ccccc1)NCc1ccc(SC(F)(F)F)cc1. The van der Waals surface area contributed by atoms with Crippen molar-refractivity contribution in [3.63, 3.8) is 0 Å². The first-order valence-corrected chi connectivity index (χ1v) is 8.97. The monoisotopic (exact) mass is 383 g/mol. The van der Waals surface area contributed by atoms with E-state index in [0.29, 0.717) is 19.4 Å². The number of nitrogens with one attached hydrogen (secondary N) is 1. The third-order valence-corrected chi connectivity index (χ3v) is 4.52. The summed E-state index contributed by atoms with van der Waals surface area (Å²) in [6.07, 6.45) is 1.23. The average molecular weight is 383 g/mol. The van der Waals surface area contributed by atoms with E-state index in [1.165, 1.54) is 12.1 Å². The van der Waals surface area contributed by atoms with E-state index in [2.05, 4.69) is 5.32 Å². The topological polar surface area (TPSA) is 49.3 Å². The van der Waals surface area contributed by atoms with E-state index >= 15 is 0 Å². The number of carboxylic acids is 1. The Labute approximate surface area is 154 Å². The number of benzene rings is 2. The number of halogens is 3. The van der Waals surface area contributed by atoms with Gasteiger partial charge in [-0.2, -0.15) is 13.2 Å². The summed E-state index contributed by atoms with van der Waals surface area (Å²) in [5.41, 5.74) is -2.34. The predicted octanol–water partition coefficient (Wildman–Crippen LogP) is 4.86. The molecule has 0 heterocycles. The van der Waals surface area contributed by atoms with E-state index in [-0.39, 0.29) is 29.1 Å². The maximum atomic E-state index is 12.4. The fourth-order valence-electron chi connectivity index (χ4n) is 2.54. The van der Waals surface area contributed by atoms with Crippen LogP contribution < -0.4 is 5.32 Å². The van der Waals surface area contributed by atoms with Crippen molar-refractivity contribution < 1.29 is 23.1 Å². The molecule has 1 atom stereocenters. The summed E-state index contributed by atoms with van der Waals surface area (Å²) in [5, 5.41) is 12.2. The molecular weight excluding hydrogens is 363 g/mol. The Hall–Kier alpha value is -1.99. The van der Waals surface area contributed by atoms with E-state index in [0.717, 1.165) is 11.1 Å². The van der Waals surface area contributed by atoms with Gasteiger partial charge >= 0.3 is 11.5 Å². The summed E-state index contributed by atoms with van der Waals surface area (Å²) in [6, 6.07) is 15.9. The van der Waals surface area contributed by atoms with Crippen molar-refractivity contribution in [3.8, 4) is 0 Å². The van der Waals surface area contributed by atoms with Gasteiger partial charge in [-0.25, -0.2) is 0 Å². The molecular formula is C19H20F3NO2S. The molecule has 2 rings (SSSR count). The number of thioether (sulfide) groups is 1. The second-order valence-corrected chi connectivity index (χ2v) is 7.03. The van der Waals surface area contributed by atoms with E-state index in [4.69, 9.17) is 5.11 Å². The lowest BCUT2D eigenvalue weighted by atomic mass is 10.0. The van der Waals surface area contributed by atoms with Crippen molar-refractivity contribution >= 4 is 17.7 Å². The van der Waals surface area contributed by atoms with Gasteiger partial charge in [-0.1, -0.05) is 42.5 Å². The Kier molecular flexibility index (Phi) is 7.53. The lowest BCUT2D eigenvalue weighted by molar-refractivity contribution is -0.137. The van der Waals surface area contributed by atoms with Crippen LogP contribution in [0.25, 0.3) is 0 Å². The van der Waals surface area contributed by atoms with Crippen LogP contribution in [0.5, 0.6) is 0 Å². The number of hydrogen-bond donors (Lipinski definition) is 2. The highest BCUT2D eigenvalue weighted by molar-refractivity contribution is 8.00. The van der Waals surface area contributed by atoms with Crippen LogP contribution in [0, 0.1) is 0 Å². The molecule has 0 saturated carbocycles. The third-order valence-electron chi connectivity index (χ3n) is 3.78. The Morgan fingerprint density at radius 1 is 1.04 bits per heavy atom. The molecule has 2 N–H and O–H groups in total. The molecule has 0 fully saturated rings. The summed E-state index contributed by atoms with van der Waals surface area (Å²) in [4.78, 5) is 11.0. The summed E-state index contributed by atoms with van der Waals surface area (Å²) in [6.45, 7) is 0.466. The molecule has 2 aromatic carbocycles. The molecule has 7 heteroatoms. The van der Waals surface area contributed by atoms with Gasteiger partial charge in [0.1, 0.15) is 0 Å². The lowest BCUT2D eigenvalue weighted by Gasteiger charge is -2.18. The molecule has 3 nitrogen and oxygen atoms in total. The van der Waals surface area contributed by atoms with Crippen molar-refractivity contribution in [3.05, 3.63) is 65.7 Å². The molecule has 0 radical (unpaired) electrons. The van der Waals surface area contributed by atoms with Gasteiger partial charge in [-0.05, 0) is 47.9 Å². The van der Waals surface area contributed by atoms with Crippen molar-refractivity contribution in [2.75, 3.05) is 0 Å². The minimum absolute atomic E-state index is 0.0299. The predicted molar refractivity (Wildman–Crippen MR) is 96.0 cm³/mol. The van der Waals surface area contributed by atoms with Gasteiger partial charge in [-0.3, -0.25) is 4.79 Å². The van der Waals surface area contributed by atoms with Gasteiger partial charge in [0.2, 0.25) is 0 Å². The highest BCUT2D eigenvalue weighted by atomic mass is 32.2. The second kappa shape index (κ2) is 9.64. The molecule has 0 aliphatic rings. The zero-order valence-corrected chi connectivity index (χ0v) is 14.8. The first-order chi connectivity index (χ1) is 12.3. The fourth-order valence-corrected chi connectivity index (χ4v) is 3.08. The van der Waals surface area contributed by atoms with Crippen LogP contribution in [0.4, 0.5) is 13.2 Å². The second-order valence-electron chi connectivity index (χ2n) is 5.89. The number of hydrogen-bond acceptors (Lipinski definition) is 3. The number of aliphatic carboxylic acids is 1. The Morgan fingerprint density at radius 3 is 2.27 bits per heavy atom. The van der Waals surface area contributed by atoms with Gasteiger partial charge < -0.3 is 10.4 Å². The van der Waals surface area contributed by atoms with E-state index in [9.17, 15) is 18.0 Å². The minimum atomic E-state index is -4.29. The molecule has 0 aliphatic heterocycles. The minimum Gasteiger partial charge on any atom is -0.481 e. The largest absolute Gasteiger partial charge is 0.481 e. The van der Waals surface area contributed by atoms with Crippen molar-refractivity contribution in [2.24, 2.45) is 0 Å². The van der Waals surface area contributed by atoms with Crippen LogP contribution in [0.1, 0.15) is 24.0 Å². The Bertz CT molecular complexity index is 690. The molecule has 26 heavy (non-hydrogen) atoms. The van der Waals surface area contributed by atoms with Gasteiger partial charge in [0.15, 0.2) is 0 Å². The average Bonchev–Trinajstić information content (AvgIpc) is 2.58. The maximum Gasteiger partial charge on any atom is 0.446 e. The van der Waals surface area contributed by atoms with Crippen molar-refractivity contribution in [1.29, 1.82) is 0 Å². The summed E-state index contributed by atoms with van der Waals surface area (Å²) < 4.78 is 37.1. The van der Waals surface area contributed by atoms with Crippen LogP contribution in [-0.2, 0) is 17.8 Å². The van der Waals surface area contributed by atoms with Crippen LogP contribution >= 0.6 is 11.8 Å². The molecule has 0 aliphatic carbocycles. The summed E-state index contributed by atoms with van der Waals surface area (Å²) in [5.74, 6) is -0.849. The number of rotatable bonds is 9. The molecule has 0 spiro atoms. The van der Waals surface area contributed by atoms with Gasteiger partial charge in [0.25, 0.3) is 0 Å². The van der Waals surface area contributed by atoms with Gasteiger partial charge in [-0.15, -0.1) is 0 Å². The highest BCUT2D eigenvalue weighted by Crippen LogP contribution is 2.36. The summed E-state index contributed by atoms with van der Waals surface area (Å²) >= 11 is -0.139. The molecule has 1 unspecified atom stereocenters. The molecule has 2 aromatic rings. The smallest absolute Gasteiger partial charge is 0.446 e. The van der Waals surface area contributed by atoms with Crippen molar-refractivity contribution in [2.45, 2.75) is 42.3 Å². The van der Waals surface area contributed by atoms with Gasteiger partial charge in [0.05, 0.1) is 0 Å². The number of carbonyl (C=O) groups is 1. The number of carboxylic acid groups (broad SMARTS) is 1. The standard InChI is InChI=1S/C19H20F3NO2S/c20-19(21,22)26-17-9-6-15(7-10-17)13-23-16(8-11-18(24)25)12-14-4-2-1-3-5-14/h1-7,9-10,16,23H,8,11-13H2,(H,24,25). The van der Waals surface area contributed by atoms with Crippen LogP contribution in [-0.4, -0.2) is 22.6 Å². The molecule has 0 aromatic heterocycles. The highest BCUT2D eigenvalue weighted by Gasteiger charge is 2.28. The zero-order valence-electron chi connectivity index (χ0n) is 14.0. The van der Waals surface area contributed by atoms with E-state index in [1.54, 1.807) is 12.1 Å². The third kappa shape index (κ3) is 7.93. The van der Waals surface area contributed by atoms with E-state index in [1.807, 2.05) is 30.3 Å². The normalized spacial score (nSPS) is 12.7. The fraction of sp³-hybridized carbons (Fsp3) is 0.316. The maximum absolute atomic E-state index is 12.4. The quantitative estimate of drug-likeness (QED) is 0.607. The lowest BCUT2D eigenvalue weighted by Crippen LogP contribution is -2.31. The van der Waals surface area contributed by atoms with Crippen molar-refractivity contribution in [1.82, 2.24) is 5.32 Å². The zero-order chi connectivity index (χ0) is 19.0. The Morgan fingerprint density at radius 2 is 1.69 bits per heavy atom. The Balaban J connectivity index is 1.93. The molecule has 0 saturated heterocycles. The first kappa shape index (κ1) is 20.3.